The van der Waals surface area contributed by atoms with Crippen molar-refractivity contribution in [2.45, 2.75) is 212 Å². The second-order valence-corrected chi connectivity index (χ2v) is 16.5. The van der Waals surface area contributed by atoms with Crippen LogP contribution in [0, 0.1) is 0 Å². The van der Waals surface area contributed by atoms with Gasteiger partial charge in [-0.3, -0.25) is 9.59 Å². The van der Waals surface area contributed by atoms with Gasteiger partial charge in [0.15, 0.2) is 0 Å². The molecular weight excluding hydrogens is 791 g/mol. The molecule has 0 aliphatic carbocycles. The highest BCUT2D eigenvalue weighted by molar-refractivity contribution is 5.78. The highest BCUT2D eigenvalue weighted by Crippen LogP contribution is 2.15. The van der Waals surface area contributed by atoms with Crippen molar-refractivity contribution >= 4 is 11.9 Å². The molecule has 3 atom stereocenters. The Morgan fingerprint density at radius 3 is 1.23 bits per heavy atom. The Bertz CT molecular complexity index is 1410. The molecule has 0 spiro atoms. The fourth-order valence-electron chi connectivity index (χ4n) is 6.71. The lowest BCUT2D eigenvalue weighted by molar-refractivity contribution is -0.148. The first-order chi connectivity index (χ1) is 31.5. The summed E-state index contributed by atoms with van der Waals surface area (Å²) in [5.74, 6) is -0.744. The molecule has 0 aromatic carbocycles. The molecule has 0 radical (unpaired) electrons. The smallest absolute Gasteiger partial charge is 0.306 e. The van der Waals surface area contributed by atoms with Gasteiger partial charge in [0.2, 0.25) is 5.91 Å². The van der Waals surface area contributed by atoms with E-state index in [-0.39, 0.29) is 31.3 Å². The Morgan fingerprint density at radius 2 is 0.844 bits per heavy atom. The summed E-state index contributed by atoms with van der Waals surface area (Å²) >= 11 is 0. The van der Waals surface area contributed by atoms with Crippen LogP contribution in [-0.2, 0) is 14.3 Å². The van der Waals surface area contributed by atoms with E-state index in [1.807, 2.05) is 18.2 Å². The quantitative estimate of drug-likeness (QED) is 0.0322. The van der Waals surface area contributed by atoms with Crippen LogP contribution in [0.15, 0.2) is 134 Å². The number of allylic oxidation sites excluding steroid dienone is 21. The summed E-state index contributed by atoms with van der Waals surface area (Å²) in [6.45, 7) is 6.18. The Labute approximate surface area is 393 Å². The van der Waals surface area contributed by atoms with Crippen molar-refractivity contribution in [1.29, 1.82) is 0 Å². The average Bonchev–Trinajstić information content (AvgIpc) is 3.29. The first-order valence-corrected chi connectivity index (χ1v) is 25.4. The number of ether oxygens (including phenoxy) is 1. The van der Waals surface area contributed by atoms with Gasteiger partial charge in [-0.05, 0) is 89.5 Å². The normalized spacial score (nSPS) is 14.4. The van der Waals surface area contributed by atoms with E-state index in [2.05, 4.69) is 135 Å². The molecule has 0 heterocycles. The van der Waals surface area contributed by atoms with Crippen molar-refractivity contribution in [3.05, 3.63) is 134 Å². The number of carbonyl (C=O) groups is 2. The maximum Gasteiger partial charge on any atom is 0.306 e. The molecule has 0 saturated heterocycles. The molecule has 0 aromatic rings. The van der Waals surface area contributed by atoms with Gasteiger partial charge in [-0.1, -0.05) is 225 Å². The topological polar surface area (TPSA) is 95.9 Å². The number of esters is 1. The van der Waals surface area contributed by atoms with E-state index in [9.17, 15) is 19.8 Å². The molecule has 6 nitrogen and oxygen atoms in total. The van der Waals surface area contributed by atoms with Crippen LogP contribution >= 0.6 is 0 Å². The van der Waals surface area contributed by atoms with Crippen molar-refractivity contribution in [1.82, 2.24) is 5.32 Å². The number of aliphatic hydroxyl groups excluding tert-OH is 2. The SMILES string of the molecule is CC/C=C\C/C=C\C/C=C\C/C=C\C/C=C\C/C=C\C(CC(=O)NC(CO)C(O)CCCCCCCCCCCCCC)OC(=O)CC/C=C/C/C=C/C/C=C/C/C=C/C/C=C/CC. The molecule has 64 heavy (non-hydrogen) atoms. The van der Waals surface area contributed by atoms with E-state index in [1.165, 1.54) is 57.8 Å². The maximum atomic E-state index is 13.2. The zero-order chi connectivity index (χ0) is 46.7. The summed E-state index contributed by atoms with van der Waals surface area (Å²) in [6.07, 6.45) is 71.2. The standard InChI is InChI=1S/C58H93NO5/c1-4-7-10-13-16-19-22-25-27-29-30-32-34-37-40-43-46-49-54(64-58(63)51-48-45-42-39-36-33-31-28-26-23-20-17-14-11-8-5-2)52-57(62)59-55(53-60)56(61)50-47-44-41-38-35-24-21-18-15-12-9-6-3/h7-8,10-11,16-17,19-20,25-28,30,32-33,36-37,40,42,45-46,49,54-56,60-61H,4-6,9,12-15,18,21-24,29,31,34-35,38-39,41,43-44,47-48,50-53H2,1-3H3,(H,59,62)/b10-7-,11-8+,19-16-,20-17+,27-25-,28-26+,32-30-,36-33+,40-37-,45-42+,49-46-. The lowest BCUT2D eigenvalue weighted by Gasteiger charge is -2.23. The Morgan fingerprint density at radius 1 is 0.484 bits per heavy atom. The Hall–Kier alpha value is -4.00. The van der Waals surface area contributed by atoms with Crippen molar-refractivity contribution in [3.63, 3.8) is 0 Å². The van der Waals surface area contributed by atoms with Gasteiger partial charge in [0.05, 0.1) is 25.2 Å². The number of aliphatic hydroxyl groups is 2. The van der Waals surface area contributed by atoms with Gasteiger partial charge in [-0.25, -0.2) is 0 Å². The van der Waals surface area contributed by atoms with Crippen LogP contribution in [0.1, 0.15) is 194 Å². The van der Waals surface area contributed by atoms with E-state index in [0.29, 0.717) is 19.3 Å². The molecule has 3 unspecified atom stereocenters. The van der Waals surface area contributed by atoms with E-state index >= 15 is 0 Å². The molecular formula is C58H93NO5. The highest BCUT2D eigenvalue weighted by atomic mass is 16.5. The van der Waals surface area contributed by atoms with Gasteiger partial charge in [0.25, 0.3) is 0 Å². The van der Waals surface area contributed by atoms with Gasteiger partial charge in [-0.2, -0.15) is 0 Å². The number of hydrogen-bond acceptors (Lipinski definition) is 5. The van der Waals surface area contributed by atoms with E-state index in [1.54, 1.807) is 6.08 Å². The van der Waals surface area contributed by atoms with Crippen molar-refractivity contribution in [2.24, 2.45) is 0 Å². The summed E-state index contributed by atoms with van der Waals surface area (Å²) in [5, 5.41) is 23.7. The minimum Gasteiger partial charge on any atom is -0.458 e. The van der Waals surface area contributed by atoms with E-state index in [0.717, 1.165) is 83.5 Å². The van der Waals surface area contributed by atoms with Gasteiger partial charge < -0.3 is 20.3 Å². The average molecular weight is 884 g/mol. The molecule has 3 N–H and O–H groups in total. The van der Waals surface area contributed by atoms with Gasteiger partial charge in [-0.15, -0.1) is 0 Å². The van der Waals surface area contributed by atoms with Crippen molar-refractivity contribution in [2.75, 3.05) is 6.61 Å². The summed E-state index contributed by atoms with van der Waals surface area (Å²) in [7, 11) is 0. The van der Waals surface area contributed by atoms with Gasteiger partial charge in [0.1, 0.15) is 6.10 Å². The minimum atomic E-state index is -0.840. The van der Waals surface area contributed by atoms with Gasteiger partial charge >= 0.3 is 5.97 Å². The number of rotatable bonds is 43. The largest absolute Gasteiger partial charge is 0.458 e. The van der Waals surface area contributed by atoms with Crippen LogP contribution in [0.25, 0.3) is 0 Å². The lowest BCUT2D eigenvalue weighted by Crippen LogP contribution is -2.46. The van der Waals surface area contributed by atoms with Crippen LogP contribution in [-0.4, -0.2) is 46.9 Å². The fraction of sp³-hybridized carbons (Fsp3) is 0.586. The van der Waals surface area contributed by atoms with Crippen molar-refractivity contribution < 1.29 is 24.5 Å². The van der Waals surface area contributed by atoms with Crippen LogP contribution in [0.3, 0.4) is 0 Å². The molecule has 360 valence electrons. The van der Waals surface area contributed by atoms with Crippen molar-refractivity contribution in [3.8, 4) is 0 Å². The third-order valence-electron chi connectivity index (χ3n) is 10.5. The van der Waals surface area contributed by atoms with E-state index < -0.39 is 18.2 Å². The highest BCUT2D eigenvalue weighted by Gasteiger charge is 2.23. The summed E-state index contributed by atoms with van der Waals surface area (Å²) < 4.78 is 5.77. The molecule has 0 fully saturated rings. The lowest BCUT2D eigenvalue weighted by atomic mass is 10.0. The summed E-state index contributed by atoms with van der Waals surface area (Å²) in [5.41, 5.74) is 0. The Balaban J connectivity index is 4.93. The van der Waals surface area contributed by atoms with Crippen LogP contribution in [0.2, 0.25) is 0 Å². The third-order valence-corrected chi connectivity index (χ3v) is 10.5. The zero-order valence-electron chi connectivity index (χ0n) is 40.9. The molecule has 0 saturated carbocycles. The number of amides is 1. The Kier molecular flexibility index (Phi) is 46.9. The summed E-state index contributed by atoms with van der Waals surface area (Å²) in [6, 6.07) is -0.767. The van der Waals surface area contributed by atoms with Crippen LogP contribution in [0.4, 0.5) is 0 Å². The third kappa shape index (κ3) is 44.6. The zero-order valence-corrected chi connectivity index (χ0v) is 40.9. The van der Waals surface area contributed by atoms with Gasteiger partial charge in [0, 0.05) is 6.42 Å². The summed E-state index contributed by atoms with van der Waals surface area (Å²) in [4.78, 5) is 26.0. The molecule has 0 rings (SSSR count). The van der Waals surface area contributed by atoms with E-state index in [4.69, 9.17) is 4.74 Å². The predicted molar refractivity (Wildman–Crippen MR) is 277 cm³/mol. The molecule has 6 heteroatoms. The fourth-order valence-corrected chi connectivity index (χ4v) is 6.71. The maximum absolute atomic E-state index is 13.2. The minimum absolute atomic E-state index is 0.0859. The molecule has 0 bridgehead atoms. The number of nitrogens with one attached hydrogen (secondary N) is 1. The van der Waals surface area contributed by atoms with Crippen LogP contribution in [0.5, 0.6) is 0 Å². The first-order valence-electron chi connectivity index (χ1n) is 25.4. The number of unbranched alkanes of at least 4 members (excludes halogenated alkanes) is 11. The molecule has 1 amide bonds. The number of hydrogen-bond donors (Lipinski definition) is 3. The predicted octanol–water partition coefficient (Wildman–Crippen LogP) is 15.4. The number of carbonyl (C=O) groups excluding carboxylic acids is 2. The second kappa shape index (κ2) is 50.0. The monoisotopic (exact) mass is 884 g/mol. The second-order valence-electron chi connectivity index (χ2n) is 16.5. The van der Waals surface area contributed by atoms with Crippen LogP contribution < -0.4 is 5.32 Å². The molecule has 0 aliphatic heterocycles. The molecule has 0 aliphatic rings. The first kappa shape index (κ1) is 60.0. The molecule has 0 aromatic heterocycles.